The van der Waals surface area contributed by atoms with Crippen LogP contribution in [0, 0.1) is 6.92 Å². The van der Waals surface area contributed by atoms with Gasteiger partial charge in [-0.05, 0) is 32.3 Å². The predicted molar refractivity (Wildman–Crippen MR) is 85.3 cm³/mol. The van der Waals surface area contributed by atoms with Gasteiger partial charge < -0.3 is 10.4 Å². The number of aliphatic hydroxyl groups excluding tert-OH is 1. The molecule has 112 valence electrons. The van der Waals surface area contributed by atoms with Crippen molar-refractivity contribution in [1.29, 1.82) is 0 Å². The van der Waals surface area contributed by atoms with Crippen molar-refractivity contribution in [1.82, 2.24) is 9.97 Å². The van der Waals surface area contributed by atoms with E-state index in [4.69, 9.17) is 0 Å². The zero-order valence-electron chi connectivity index (χ0n) is 12.9. The summed E-state index contributed by atoms with van der Waals surface area (Å²) in [6.45, 7) is 6.02. The zero-order valence-corrected chi connectivity index (χ0v) is 12.9. The van der Waals surface area contributed by atoms with E-state index in [1.165, 1.54) is 0 Å². The van der Waals surface area contributed by atoms with Crippen LogP contribution in [0.1, 0.15) is 43.5 Å². The Balaban J connectivity index is 1.98. The lowest BCUT2D eigenvalue weighted by molar-refractivity contribution is 0.162. The lowest BCUT2D eigenvalue weighted by Gasteiger charge is -2.19. The molecule has 0 aliphatic heterocycles. The summed E-state index contributed by atoms with van der Waals surface area (Å²) >= 11 is 0. The van der Waals surface area contributed by atoms with Gasteiger partial charge in [0, 0.05) is 17.8 Å². The topological polar surface area (TPSA) is 58.0 Å². The van der Waals surface area contributed by atoms with Crippen LogP contribution in [0.15, 0.2) is 36.4 Å². The van der Waals surface area contributed by atoms with Crippen LogP contribution >= 0.6 is 0 Å². The van der Waals surface area contributed by atoms with Gasteiger partial charge in [-0.3, -0.25) is 0 Å². The number of rotatable bonds is 6. The third-order valence-corrected chi connectivity index (χ3v) is 3.41. The fourth-order valence-corrected chi connectivity index (χ4v) is 2.34. The fourth-order valence-electron chi connectivity index (χ4n) is 2.34. The zero-order chi connectivity index (χ0) is 15.2. The molecule has 1 aromatic heterocycles. The Hall–Kier alpha value is -1.94. The van der Waals surface area contributed by atoms with Gasteiger partial charge in [-0.1, -0.05) is 37.3 Å². The van der Waals surface area contributed by atoms with E-state index in [0.29, 0.717) is 6.42 Å². The summed E-state index contributed by atoms with van der Waals surface area (Å²) < 4.78 is 0. The monoisotopic (exact) mass is 285 g/mol. The highest BCUT2D eigenvalue weighted by molar-refractivity contribution is 5.37. The minimum atomic E-state index is -0.470. The molecule has 2 rings (SSSR count). The predicted octanol–water partition coefficient (Wildman–Crippen LogP) is 3.27. The summed E-state index contributed by atoms with van der Waals surface area (Å²) in [6, 6.07) is 11.8. The van der Waals surface area contributed by atoms with Crippen LogP contribution in [0.4, 0.5) is 5.82 Å². The average molecular weight is 285 g/mol. The first kappa shape index (κ1) is 15.4. The first-order chi connectivity index (χ1) is 10.1. The number of anilines is 1. The second-order valence-electron chi connectivity index (χ2n) is 5.35. The Morgan fingerprint density at radius 3 is 2.57 bits per heavy atom. The van der Waals surface area contributed by atoms with E-state index in [1.54, 1.807) is 0 Å². The molecule has 0 saturated carbocycles. The van der Waals surface area contributed by atoms with Crippen LogP contribution < -0.4 is 5.32 Å². The summed E-state index contributed by atoms with van der Waals surface area (Å²) in [5.74, 6) is 1.60. The normalized spacial score (nSPS) is 13.7. The van der Waals surface area contributed by atoms with Crippen molar-refractivity contribution in [2.75, 3.05) is 5.32 Å². The maximum atomic E-state index is 10.3. The third-order valence-electron chi connectivity index (χ3n) is 3.41. The van der Waals surface area contributed by atoms with E-state index < -0.39 is 6.10 Å². The Morgan fingerprint density at radius 1 is 1.19 bits per heavy atom. The molecule has 0 radical (unpaired) electrons. The highest BCUT2D eigenvalue weighted by Gasteiger charge is 2.13. The van der Waals surface area contributed by atoms with E-state index in [9.17, 15) is 5.11 Å². The molecular weight excluding hydrogens is 262 g/mol. The van der Waals surface area contributed by atoms with Crippen molar-refractivity contribution in [3.63, 3.8) is 0 Å². The Morgan fingerprint density at radius 2 is 1.90 bits per heavy atom. The van der Waals surface area contributed by atoms with Gasteiger partial charge in [0.2, 0.25) is 0 Å². The Kier molecular flexibility index (Phi) is 5.28. The highest BCUT2D eigenvalue weighted by Crippen LogP contribution is 2.19. The minimum absolute atomic E-state index is 0.124. The number of nitrogens with zero attached hydrogens (tertiary/aromatic N) is 2. The molecule has 0 aliphatic rings. The van der Waals surface area contributed by atoms with Gasteiger partial charge in [-0.25, -0.2) is 9.97 Å². The van der Waals surface area contributed by atoms with Crippen LogP contribution in [0.25, 0.3) is 0 Å². The second kappa shape index (κ2) is 7.18. The molecule has 2 unspecified atom stereocenters. The molecule has 0 fully saturated rings. The van der Waals surface area contributed by atoms with Gasteiger partial charge >= 0.3 is 0 Å². The quantitative estimate of drug-likeness (QED) is 0.855. The highest BCUT2D eigenvalue weighted by atomic mass is 16.3. The van der Waals surface area contributed by atoms with Crippen molar-refractivity contribution in [3.8, 4) is 0 Å². The first-order valence-electron chi connectivity index (χ1n) is 7.42. The molecule has 0 spiro atoms. The van der Waals surface area contributed by atoms with Crippen LogP contribution in [-0.4, -0.2) is 21.1 Å². The van der Waals surface area contributed by atoms with E-state index in [2.05, 4.69) is 29.1 Å². The third kappa shape index (κ3) is 4.53. The second-order valence-corrected chi connectivity index (χ2v) is 5.35. The van der Waals surface area contributed by atoms with Crippen LogP contribution in [0.5, 0.6) is 0 Å². The molecule has 0 bridgehead atoms. The largest absolute Gasteiger partial charge is 0.388 e. The van der Waals surface area contributed by atoms with Crippen LogP contribution in [-0.2, 0) is 6.42 Å². The van der Waals surface area contributed by atoms with Gasteiger partial charge in [0.25, 0.3) is 0 Å². The molecule has 4 nitrogen and oxygen atoms in total. The number of hydrogen-bond acceptors (Lipinski definition) is 4. The van der Waals surface area contributed by atoms with Crippen molar-refractivity contribution in [3.05, 3.63) is 53.5 Å². The number of benzene rings is 1. The van der Waals surface area contributed by atoms with Gasteiger partial charge in [0.05, 0.1) is 6.10 Å². The van der Waals surface area contributed by atoms with Crippen molar-refractivity contribution in [2.45, 2.75) is 45.8 Å². The van der Waals surface area contributed by atoms with Gasteiger partial charge in [0.15, 0.2) is 0 Å². The maximum absolute atomic E-state index is 10.3. The summed E-state index contributed by atoms with van der Waals surface area (Å²) in [5, 5.41) is 13.6. The number of aromatic nitrogens is 2. The lowest BCUT2D eigenvalue weighted by atomic mass is 10.0. The van der Waals surface area contributed by atoms with Crippen LogP contribution in [0.3, 0.4) is 0 Å². The summed E-state index contributed by atoms with van der Waals surface area (Å²) in [4.78, 5) is 8.77. The number of aliphatic hydroxyl groups is 1. The number of hydrogen-bond donors (Lipinski definition) is 2. The van der Waals surface area contributed by atoms with Gasteiger partial charge in [-0.15, -0.1) is 0 Å². The molecule has 2 aromatic rings. The fraction of sp³-hybridized carbons (Fsp3) is 0.412. The molecule has 0 saturated heterocycles. The van der Waals surface area contributed by atoms with E-state index >= 15 is 0 Å². The minimum Gasteiger partial charge on any atom is -0.388 e. The Labute approximate surface area is 126 Å². The maximum Gasteiger partial charge on any atom is 0.130 e. The molecule has 1 aromatic carbocycles. The SMILES string of the molecule is CCc1cc(NC(C)CC(O)c2ccccc2)nc(C)n1. The van der Waals surface area contributed by atoms with Gasteiger partial charge in [0.1, 0.15) is 11.6 Å². The molecular formula is C17H23N3O. The molecule has 2 atom stereocenters. The summed E-state index contributed by atoms with van der Waals surface area (Å²) in [5.41, 5.74) is 1.97. The van der Waals surface area contributed by atoms with Crippen LogP contribution in [0.2, 0.25) is 0 Å². The average Bonchev–Trinajstić information content (AvgIpc) is 2.47. The standard InChI is InChI=1S/C17H23N3O/c1-4-15-11-17(20-13(3)19-15)18-12(2)10-16(21)14-8-6-5-7-9-14/h5-9,11-12,16,21H,4,10H2,1-3H3,(H,18,19,20). The van der Waals surface area contributed by atoms with Crippen molar-refractivity contribution in [2.24, 2.45) is 0 Å². The van der Waals surface area contributed by atoms with Crippen molar-refractivity contribution < 1.29 is 5.11 Å². The Bertz CT molecular complexity index is 572. The molecule has 21 heavy (non-hydrogen) atoms. The molecule has 2 N–H and O–H groups in total. The molecule has 1 heterocycles. The van der Waals surface area contributed by atoms with E-state index in [-0.39, 0.29) is 6.04 Å². The van der Waals surface area contributed by atoms with Gasteiger partial charge in [-0.2, -0.15) is 0 Å². The van der Waals surface area contributed by atoms with Crippen molar-refractivity contribution >= 4 is 5.82 Å². The molecule has 0 aliphatic carbocycles. The summed E-state index contributed by atoms with van der Waals surface area (Å²) in [7, 11) is 0. The molecule has 4 heteroatoms. The van der Waals surface area contributed by atoms with E-state index in [0.717, 1.165) is 29.3 Å². The first-order valence-corrected chi connectivity index (χ1v) is 7.42. The summed E-state index contributed by atoms with van der Waals surface area (Å²) in [6.07, 6.45) is 1.05. The lowest BCUT2D eigenvalue weighted by Crippen LogP contribution is -2.20. The van der Waals surface area contributed by atoms with E-state index in [1.807, 2.05) is 43.3 Å². The molecule has 0 amide bonds. The number of nitrogens with one attached hydrogen (secondary N) is 1. The number of aryl methyl sites for hydroxylation is 2. The smallest absolute Gasteiger partial charge is 0.130 e.